The Kier molecular flexibility index (Phi) is 4.14. The van der Waals surface area contributed by atoms with Gasteiger partial charge in [0.05, 0.1) is 6.10 Å². The second kappa shape index (κ2) is 6.05. The van der Waals surface area contributed by atoms with Gasteiger partial charge in [-0.1, -0.05) is 6.07 Å². The highest BCUT2D eigenvalue weighted by Crippen LogP contribution is 2.38. The van der Waals surface area contributed by atoms with Crippen LogP contribution in [0.3, 0.4) is 0 Å². The molecule has 2 aromatic rings. The molecule has 2 atom stereocenters. The quantitative estimate of drug-likeness (QED) is 0.911. The Labute approximate surface area is 128 Å². The van der Waals surface area contributed by atoms with Crippen molar-refractivity contribution in [2.24, 2.45) is 5.73 Å². The Balaban J connectivity index is 1.91. The van der Waals surface area contributed by atoms with Crippen molar-refractivity contribution in [3.05, 3.63) is 45.6 Å². The lowest BCUT2D eigenvalue weighted by molar-refractivity contribution is 0.149. The lowest BCUT2D eigenvalue weighted by Crippen LogP contribution is -2.21. The van der Waals surface area contributed by atoms with Crippen LogP contribution in [0.25, 0.3) is 0 Å². The monoisotopic (exact) mass is 305 g/mol. The van der Waals surface area contributed by atoms with E-state index >= 15 is 0 Å². The molecule has 0 radical (unpaired) electrons. The summed E-state index contributed by atoms with van der Waals surface area (Å²) in [5, 5.41) is 12.7. The molecule has 3 rings (SSSR count). The fraction of sp³-hybridized carbons (Fsp3) is 0.375. The molecule has 1 aromatic heterocycles. The first kappa shape index (κ1) is 14.4. The minimum absolute atomic E-state index is 0.154. The van der Waals surface area contributed by atoms with Crippen molar-refractivity contribution < 1.29 is 14.6 Å². The highest BCUT2D eigenvalue weighted by molar-refractivity contribution is 7.10. The molecule has 4 nitrogen and oxygen atoms in total. The van der Waals surface area contributed by atoms with Gasteiger partial charge in [0, 0.05) is 17.3 Å². The maximum Gasteiger partial charge on any atom is 0.161 e. The molecule has 0 saturated carbocycles. The molecule has 1 aromatic carbocycles. The summed E-state index contributed by atoms with van der Waals surface area (Å²) in [6, 6.07) is 7.79. The van der Waals surface area contributed by atoms with Crippen LogP contribution in [-0.2, 0) is 0 Å². The zero-order chi connectivity index (χ0) is 14.8. The highest BCUT2D eigenvalue weighted by Gasteiger charge is 2.25. The van der Waals surface area contributed by atoms with E-state index in [2.05, 4.69) is 0 Å². The largest absolute Gasteiger partial charge is 0.486 e. The van der Waals surface area contributed by atoms with Gasteiger partial charge in [-0.2, -0.15) is 0 Å². The summed E-state index contributed by atoms with van der Waals surface area (Å²) in [6.07, 6.45) is -0.599. The van der Waals surface area contributed by atoms with E-state index in [1.54, 1.807) is 11.3 Å². The molecule has 21 heavy (non-hydrogen) atoms. The predicted molar refractivity (Wildman–Crippen MR) is 83.2 cm³/mol. The number of benzene rings is 1. The first-order valence-corrected chi connectivity index (χ1v) is 7.90. The van der Waals surface area contributed by atoms with Gasteiger partial charge in [0.1, 0.15) is 13.2 Å². The van der Waals surface area contributed by atoms with Gasteiger partial charge in [0.25, 0.3) is 0 Å². The number of nitrogens with two attached hydrogens (primary N) is 1. The van der Waals surface area contributed by atoms with Crippen molar-refractivity contribution in [3.63, 3.8) is 0 Å². The Hall–Kier alpha value is -1.56. The van der Waals surface area contributed by atoms with Gasteiger partial charge in [-0.15, -0.1) is 11.3 Å². The molecule has 0 saturated heterocycles. The van der Waals surface area contributed by atoms with Crippen LogP contribution in [0.15, 0.2) is 29.6 Å². The first-order valence-electron chi connectivity index (χ1n) is 7.02. The molecule has 0 aliphatic carbocycles. The Morgan fingerprint density at radius 2 is 2.00 bits per heavy atom. The molecular formula is C16H19NO3S. The van der Waals surface area contributed by atoms with E-state index in [1.807, 2.05) is 36.6 Å². The van der Waals surface area contributed by atoms with Crippen LogP contribution in [0.4, 0.5) is 0 Å². The van der Waals surface area contributed by atoms with Crippen LogP contribution in [0.2, 0.25) is 0 Å². The van der Waals surface area contributed by atoms with Crippen molar-refractivity contribution in [1.29, 1.82) is 0 Å². The third-order valence-corrected chi connectivity index (χ3v) is 4.89. The van der Waals surface area contributed by atoms with Gasteiger partial charge >= 0.3 is 0 Å². The Bertz CT molecular complexity index is 626. The van der Waals surface area contributed by atoms with Crippen LogP contribution >= 0.6 is 11.3 Å². The average molecular weight is 305 g/mol. The number of rotatable bonds is 4. The number of hydrogen-bond acceptors (Lipinski definition) is 5. The van der Waals surface area contributed by atoms with E-state index in [1.165, 1.54) is 0 Å². The SMILES string of the molecule is Cc1ccsc1C(O)C(CN)c1ccc2c(c1)OCCO2. The van der Waals surface area contributed by atoms with Gasteiger partial charge in [-0.25, -0.2) is 0 Å². The Morgan fingerprint density at radius 1 is 1.24 bits per heavy atom. The van der Waals surface area contributed by atoms with Gasteiger partial charge in [0.2, 0.25) is 0 Å². The summed E-state index contributed by atoms with van der Waals surface area (Å²) < 4.78 is 11.1. The van der Waals surface area contributed by atoms with Crippen LogP contribution in [-0.4, -0.2) is 24.9 Å². The third-order valence-electron chi connectivity index (χ3n) is 3.80. The van der Waals surface area contributed by atoms with E-state index < -0.39 is 6.10 Å². The van der Waals surface area contributed by atoms with Crippen molar-refractivity contribution in [2.75, 3.05) is 19.8 Å². The molecule has 2 heterocycles. The lowest BCUT2D eigenvalue weighted by Gasteiger charge is -2.24. The summed E-state index contributed by atoms with van der Waals surface area (Å²) in [5.41, 5.74) is 7.99. The normalized spacial score (nSPS) is 16.5. The Morgan fingerprint density at radius 3 is 2.67 bits per heavy atom. The smallest absolute Gasteiger partial charge is 0.161 e. The lowest BCUT2D eigenvalue weighted by atomic mass is 9.91. The van der Waals surface area contributed by atoms with E-state index in [9.17, 15) is 5.11 Å². The first-order chi connectivity index (χ1) is 10.2. The fourth-order valence-electron chi connectivity index (χ4n) is 2.61. The average Bonchev–Trinajstić information content (AvgIpc) is 2.94. The van der Waals surface area contributed by atoms with Gasteiger partial charge < -0.3 is 20.3 Å². The van der Waals surface area contributed by atoms with Crippen LogP contribution in [0.1, 0.15) is 28.0 Å². The molecule has 0 spiro atoms. The number of hydrogen-bond donors (Lipinski definition) is 2. The number of thiophene rings is 1. The molecule has 0 amide bonds. The summed E-state index contributed by atoms with van der Waals surface area (Å²) in [5.74, 6) is 1.33. The highest BCUT2D eigenvalue weighted by atomic mass is 32.1. The van der Waals surface area contributed by atoms with Crippen LogP contribution < -0.4 is 15.2 Å². The summed E-state index contributed by atoms with van der Waals surface area (Å²) in [4.78, 5) is 0.973. The molecule has 112 valence electrons. The molecule has 0 fully saturated rings. The van der Waals surface area contributed by atoms with Gasteiger partial charge in [-0.3, -0.25) is 0 Å². The van der Waals surface area contributed by atoms with E-state index in [4.69, 9.17) is 15.2 Å². The number of aliphatic hydroxyl groups excluding tert-OH is 1. The molecule has 2 unspecified atom stereocenters. The second-order valence-electron chi connectivity index (χ2n) is 5.16. The van der Waals surface area contributed by atoms with Crippen LogP contribution in [0, 0.1) is 6.92 Å². The molecule has 1 aliphatic rings. The molecule has 0 bridgehead atoms. The van der Waals surface area contributed by atoms with Crippen molar-refractivity contribution in [2.45, 2.75) is 18.9 Å². The van der Waals surface area contributed by atoms with E-state index in [0.717, 1.165) is 27.5 Å². The predicted octanol–water partition coefficient (Wildman–Crippen LogP) is 2.60. The van der Waals surface area contributed by atoms with Gasteiger partial charge in [0.15, 0.2) is 11.5 Å². The molecular weight excluding hydrogens is 286 g/mol. The van der Waals surface area contributed by atoms with Crippen molar-refractivity contribution in [3.8, 4) is 11.5 Å². The van der Waals surface area contributed by atoms with Crippen molar-refractivity contribution in [1.82, 2.24) is 0 Å². The fourth-order valence-corrected chi connectivity index (χ4v) is 3.58. The minimum Gasteiger partial charge on any atom is -0.486 e. The molecule has 5 heteroatoms. The minimum atomic E-state index is -0.599. The number of fused-ring (bicyclic) bond motifs is 1. The number of ether oxygens (including phenoxy) is 2. The van der Waals surface area contributed by atoms with Gasteiger partial charge in [-0.05, 0) is 41.6 Å². The van der Waals surface area contributed by atoms with E-state index in [-0.39, 0.29) is 5.92 Å². The van der Waals surface area contributed by atoms with Crippen LogP contribution in [0.5, 0.6) is 11.5 Å². The summed E-state index contributed by atoms with van der Waals surface area (Å²) in [6.45, 7) is 3.50. The standard InChI is InChI=1S/C16H19NO3S/c1-10-4-7-21-16(10)15(18)12(9-17)11-2-3-13-14(8-11)20-6-5-19-13/h2-4,7-8,12,15,18H,5-6,9,17H2,1H3. The second-order valence-corrected chi connectivity index (χ2v) is 6.11. The zero-order valence-electron chi connectivity index (χ0n) is 11.9. The molecule has 1 aliphatic heterocycles. The zero-order valence-corrected chi connectivity index (χ0v) is 12.7. The topological polar surface area (TPSA) is 64.7 Å². The van der Waals surface area contributed by atoms with E-state index in [0.29, 0.717) is 19.8 Å². The van der Waals surface area contributed by atoms with Crippen molar-refractivity contribution >= 4 is 11.3 Å². The summed E-state index contributed by atoms with van der Waals surface area (Å²) >= 11 is 1.56. The maximum atomic E-state index is 10.7. The number of aliphatic hydroxyl groups is 1. The summed E-state index contributed by atoms with van der Waals surface area (Å²) in [7, 11) is 0. The maximum absolute atomic E-state index is 10.7. The third kappa shape index (κ3) is 2.77. The number of aryl methyl sites for hydroxylation is 1. The molecule has 3 N–H and O–H groups in total.